The highest BCUT2D eigenvalue weighted by Crippen LogP contribution is 2.52. The second-order valence-electron chi connectivity index (χ2n) is 14.9. The fraction of sp³-hybridized carbons (Fsp3) is 0.419. The molecule has 0 bridgehead atoms. The number of fused-ring (bicyclic) bond motifs is 4. The molecule has 1 amide bonds. The number of carbonyl (C=O) groups excluding carboxylic acids is 1. The first-order chi connectivity index (χ1) is 27.1. The van der Waals surface area contributed by atoms with E-state index < -0.39 is 24.0 Å². The van der Waals surface area contributed by atoms with Gasteiger partial charge in [-0.05, 0) is 90.1 Å². The lowest BCUT2D eigenvalue weighted by Gasteiger charge is -2.27. The number of hydrogen-bond donors (Lipinski definition) is 2. The van der Waals surface area contributed by atoms with Gasteiger partial charge in [0.15, 0.2) is 0 Å². The lowest BCUT2D eigenvalue weighted by atomic mass is 9.96. The number of amides is 1. The fourth-order valence-electron chi connectivity index (χ4n) is 8.41. The third-order valence-corrected chi connectivity index (χ3v) is 13.8. The van der Waals surface area contributed by atoms with Crippen LogP contribution in [0.1, 0.15) is 101 Å². The zero-order chi connectivity index (χ0) is 39.3. The zero-order valence-electron chi connectivity index (χ0n) is 31.5. The van der Waals surface area contributed by atoms with Gasteiger partial charge in [0.1, 0.15) is 26.2 Å². The van der Waals surface area contributed by atoms with Gasteiger partial charge in [-0.2, -0.15) is 0 Å². The molecule has 3 aliphatic rings. The fourth-order valence-corrected chi connectivity index (χ4v) is 11.0. The predicted octanol–water partition coefficient (Wildman–Crippen LogP) is 7.73. The molecule has 7 rings (SSSR count). The van der Waals surface area contributed by atoms with Crippen LogP contribution in [0.2, 0.25) is 0 Å². The monoisotopic (exact) mass is 813 g/mol. The van der Waals surface area contributed by atoms with Crippen LogP contribution in [0, 0.1) is 0 Å². The van der Waals surface area contributed by atoms with Crippen molar-refractivity contribution in [1.29, 1.82) is 0 Å². The quantitative estimate of drug-likeness (QED) is 0.0808. The minimum Gasteiger partial charge on any atom is -0.497 e. The Morgan fingerprint density at radius 1 is 0.875 bits per heavy atom. The van der Waals surface area contributed by atoms with Crippen LogP contribution in [0.4, 0.5) is 11.4 Å². The van der Waals surface area contributed by atoms with Crippen LogP contribution in [0.3, 0.4) is 0 Å². The highest BCUT2D eigenvalue weighted by Gasteiger charge is 2.42. The molecule has 2 atom stereocenters. The molecule has 3 aromatic carbocycles. The second kappa shape index (κ2) is 17.8. The molecule has 2 N–H and O–H groups in total. The van der Waals surface area contributed by atoms with Gasteiger partial charge in [0.05, 0.1) is 11.6 Å². The number of hydrogen-bond acceptors (Lipinski definition) is 9. The average molecular weight is 814 g/mol. The van der Waals surface area contributed by atoms with Gasteiger partial charge in [-0.15, -0.1) is 11.3 Å². The van der Waals surface area contributed by atoms with Gasteiger partial charge in [-0.1, -0.05) is 93.5 Å². The van der Waals surface area contributed by atoms with Gasteiger partial charge in [-0.3, -0.25) is 28.6 Å². The van der Waals surface area contributed by atoms with Gasteiger partial charge in [0.2, 0.25) is 0 Å². The van der Waals surface area contributed by atoms with Crippen LogP contribution in [0.25, 0.3) is 21.8 Å². The summed E-state index contributed by atoms with van der Waals surface area (Å²) in [6.45, 7) is -0.0806. The van der Waals surface area contributed by atoms with Crippen LogP contribution in [0.5, 0.6) is 5.75 Å². The average Bonchev–Trinajstić information content (AvgIpc) is 3.92. The first kappa shape index (κ1) is 39.8. The second-order valence-corrected chi connectivity index (χ2v) is 17.5. The number of carboxylic acids is 2. The third-order valence-electron chi connectivity index (χ3n) is 11.1. The first-order valence-corrected chi connectivity index (χ1v) is 21.6. The third kappa shape index (κ3) is 8.59. The number of thiazole rings is 1. The van der Waals surface area contributed by atoms with Gasteiger partial charge in [0, 0.05) is 36.3 Å². The Morgan fingerprint density at radius 3 is 2.32 bits per heavy atom. The van der Waals surface area contributed by atoms with Gasteiger partial charge < -0.3 is 19.8 Å². The van der Waals surface area contributed by atoms with Crippen molar-refractivity contribution in [3.63, 3.8) is 0 Å². The molecule has 2 fully saturated rings. The smallest absolute Gasteiger partial charge is 0.323 e. The van der Waals surface area contributed by atoms with Crippen molar-refractivity contribution in [2.45, 2.75) is 102 Å². The Bertz CT molecular complexity index is 2350. The molecule has 4 aromatic rings. The molecule has 56 heavy (non-hydrogen) atoms. The molecule has 13 heteroatoms. The highest BCUT2D eigenvalue weighted by molar-refractivity contribution is 8.30. The van der Waals surface area contributed by atoms with Crippen molar-refractivity contribution in [2.75, 3.05) is 18.6 Å². The molecule has 1 saturated carbocycles. The Hall–Kier alpha value is -4.46. The first-order valence-electron chi connectivity index (χ1n) is 19.6. The van der Waals surface area contributed by atoms with E-state index in [1.165, 1.54) is 15.8 Å². The van der Waals surface area contributed by atoms with Crippen LogP contribution in [-0.2, 0) is 20.9 Å². The summed E-state index contributed by atoms with van der Waals surface area (Å²) in [4.78, 5) is 54.5. The topological polar surface area (TPSA) is 129 Å². The Kier molecular flexibility index (Phi) is 12.6. The number of unbranched alkanes of at least 4 members (excludes halogenated alkanes) is 8. The zero-order valence-corrected chi connectivity index (χ0v) is 34.0. The SMILES string of the molecule is COc1ccc2cc(N3c4ccc(/C=c5\s/c(=C6/SC(=S)N(CCCCCCCCCCCC(=O)O)C6=O)n(CC(=O)O)c5=O)cc4C4CCCC43)ccc2c1. The number of benzene rings is 3. The number of aromatic nitrogens is 1. The van der Waals surface area contributed by atoms with Crippen molar-refractivity contribution < 1.29 is 29.3 Å². The number of nitrogens with zero attached hydrogens (tertiary/aromatic N) is 3. The molecule has 0 radical (unpaired) electrons. The number of anilines is 2. The summed E-state index contributed by atoms with van der Waals surface area (Å²) in [5.41, 5.74) is 3.99. The van der Waals surface area contributed by atoms with Crippen molar-refractivity contribution in [3.05, 3.63) is 85.3 Å². The molecule has 10 nitrogen and oxygen atoms in total. The number of carbonyl (C=O) groups is 3. The summed E-state index contributed by atoms with van der Waals surface area (Å²) in [5.74, 6) is -0.990. The standard InChI is InChI=1S/C43H47N3O7S3/c1-53-31-19-17-28-24-30(18-16-29(28)25-31)46-34-13-11-12-32(34)33-22-27(15-20-35(33)46)23-36-40(51)45(26-38(49)50)42(55-36)39-41(52)44(43(54)56-39)21-10-8-6-4-2-3-5-7-9-14-37(47)48/h15-20,22-25,32,34H,2-14,21,26H2,1H3,(H,47,48)(H,49,50)/b36-23-,42-39+. The Morgan fingerprint density at radius 2 is 1.59 bits per heavy atom. The summed E-state index contributed by atoms with van der Waals surface area (Å²) in [7, 11) is 1.68. The molecule has 2 unspecified atom stereocenters. The van der Waals surface area contributed by atoms with E-state index in [1.54, 1.807) is 12.0 Å². The summed E-state index contributed by atoms with van der Waals surface area (Å²) in [6.07, 6.45) is 14.2. The van der Waals surface area contributed by atoms with E-state index in [2.05, 4.69) is 41.3 Å². The summed E-state index contributed by atoms with van der Waals surface area (Å²) in [5, 5.41) is 20.8. The molecule has 294 valence electrons. The number of thioether (sulfide) groups is 1. The Balaban J connectivity index is 1.08. The Labute approximate surface area is 339 Å². The predicted molar refractivity (Wildman–Crippen MR) is 228 cm³/mol. The van der Waals surface area contributed by atoms with E-state index in [-0.39, 0.29) is 12.3 Å². The summed E-state index contributed by atoms with van der Waals surface area (Å²) in [6, 6.07) is 19.4. The number of methoxy groups -OCH3 is 1. The molecule has 3 heterocycles. The molecule has 0 spiro atoms. The summed E-state index contributed by atoms with van der Waals surface area (Å²) >= 11 is 7.89. The van der Waals surface area contributed by atoms with Crippen molar-refractivity contribution in [1.82, 2.24) is 9.47 Å². The van der Waals surface area contributed by atoms with Crippen molar-refractivity contribution in [3.8, 4) is 5.75 Å². The van der Waals surface area contributed by atoms with Crippen molar-refractivity contribution in [2.24, 2.45) is 0 Å². The largest absolute Gasteiger partial charge is 0.497 e. The van der Waals surface area contributed by atoms with E-state index >= 15 is 0 Å². The number of thiocarbonyl (C=S) groups is 1. The maximum Gasteiger partial charge on any atom is 0.323 e. The van der Waals surface area contributed by atoms with Gasteiger partial charge in [0.25, 0.3) is 11.5 Å². The molecule has 1 aliphatic carbocycles. The van der Waals surface area contributed by atoms with Gasteiger partial charge in [-0.25, -0.2) is 0 Å². The van der Waals surface area contributed by atoms with E-state index in [9.17, 15) is 24.3 Å². The minimum absolute atomic E-state index is 0.235. The van der Waals surface area contributed by atoms with E-state index in [4.69, 9.17) is 22.1 Å². The number of rotatable bonds is 17. The lowest BCUT2D eigenvalue weighted by molar-refractivity contribution is -0.138. The lowest BCUT2D eigenvalue weighted by Crippen LogP contribution is -2.35. The highest BCUT2D eigenvalue weighted by atomic mass is 32.2. The number of carboxylic acid groups (broad SMARTS) is 2. The van der Waals surface area contributed by atoms with E-state index in [0.29, 0.717) is 36.9 Å². The normalized spacial score (nSPS) is 19.0. The van der Waals surface area contributed by atoms with Crippen LogP contribution in [0.15, 0.2) is 59.4 Å². The number of ether oxygens (including phenoxy) is 1. The minimum atomic E-state index is -1.16. The molecule has 1 aromatic heterocycles. The molecular weight excluding hydrogens is 767 g/mol. The number of aliphatic carboxylic acids is 2. The van der Waals surface area contributed by atoms with E-state index in [0.717, 1.165) is 128 Å². The summed E-state index contributed by atoms with van der Waals surface area (Å²) < 4.78 is 7.74. The molecule has 1 saturated heterocycles. The van der Waals surface area contributed by atoms with Crippen molar-refractivity contribution >= 4 is 90.6 Å². The maximum atomic E-state index is 13.8. The molecule has 2 aliphatic heterocycles. The van der Waals surface area contributed by atoms with Crippen LogP contribution in [-0.4, -0.2) is 61.5 Å². The molecular formula is C43H47N3O7S3. The van der Waals surface area contributed by atoms with Crippen LogP contribution >= 0.6 is 35.3 Å². The van der Waals surface area contributed by atoms with Gasteiger partial charge >= 0.3 is 11.9 Å². The van der Waals surface area contributed by atoms with E-state index in [1.807, 2.05) is 24.3 Å². The van der Waals surface area contributed by atoms with Crippen LogP contribution < -0.4 is 24.4 Å². The maximum absolute atomic E-state index is 13.8.